The van der Waals surface area contributed by atoms with Crippen molar-refractivity contribution in [2.75, 3.05) is 18.0 Å². The van der Waals surface area contributed by atoms with Gasteiger partial charge in [-0.3, -0.25) is 9.89 Å². The number of nitrogens with two attached hydrogens (primary N) is 1. The van der Waals surface area contributed by atoms with Crippen LogP contribution in [0, 0.1) is 0 Å². The zero-order chi connectivity index (χ0) is 33.5. The molecule has 0 radical (unpaired) electrons. The summed E-state index contributed by atoms with van der Waals surface area (Å²) < 4.78 is 2.29. The molecule has 5 N–H and O–H groups in total. The van der Waals surface area contributed by atoms with Crippen LogP contribution in [0.15, 0.2) is 91.1 Å². The van der Waals surface area contributed by atoms with E-state index in [4.69, 9.17) is 10.7 Å². The van der Waals surface area contributed by atoms with Gasteiger partial charge in [-0.15, -0.1) is 0 Å². The van der Waals surface area contributed by atoms with E-state index in [9.17, 15) is 9.90 Å². The molecule has 9 heteroatoms. The number of nitrogens with one attached hydrogen (secondary N) is 2. The molecule has 0 bridgehead atoms. The number of rotatable bonds is 16. The van der Waals surface area contributed by atoms with Crippen LogP contribution in [0.4, 0.5) is 5.69 Å². The van der Waals surface area contributed by atoms with Gasteiger partial charge in [0.15, 0.2) is 0 Å². The molecular weight excluding hydrogens is 598 g/mol. The standard InChI is InChI=1S/C39H45N7O2/c1-3-18-45(19-4-2)33-13-10-30(11-14-33)39-43-36-22-31(12-16-37(36)46(39)20-17-27-5-7-28(26-47)8-6-27)35(23-38(40)48)41-24-29-9-15-34-32(21-29)25-42-44-34/h5-16,21-22,25,35,41,47H,3-4,17-20,23-24,26H2,1-2H3,(H2,40,48)(H,42,44). The number of amides is 1. The molecule has 48 heavy (non-hydrogen) atoms. The highest BCUT2D eigenvalue weighted by molar-refractivity contribution is 5.82. The van der Waals surface area contributed by atoms with E-state index in [2.05, 4.69) is 106 Å². The van der Waals surface area contributed by atoms with E-state index in [1.165, 1.54) is 11.3 Å². The Bertz CT molecular complexity index is 1960. The van der Waals surface area contributed by atoms with Gasteiger partial charge in [-0.05, 0) is 90.0 Å². The molecule has 0 aliphatic carbocycles. The van der Waals surface area contributed by atoms with Gasteiger partial charge in [0.1, 0.15) is 5.82 Å². The van der Waals surface area contributed by atoms with E-state index in [1.807, 2.05) is 24.4 Å². The Labute approximate surface area is 281 Å². The number of aromatic amines is 1. The van der Waals surface area contributed by atoms with E-state index < -0.39 is 0 Å². The molecular formula is C39H45N7O2. The average Bonchev–Trinajstić information content (AvgIpc) is 3.73. The minimum atomic E-state index is -0.364. The van der Waals surface area contributed by atoms with Crippen LogP contribution in [0.2, 0.25) is 0 Å². The Hall–Kier alpha value is -4.99. The van der Waals surface area contributed by atoms with Gasteiger partial charge >= 0.3 is 0 Å². The molecule has 9 nitrogen and oxygen atoms in total. The summed E-state index contributed by atoms with van der Waals surface area (Å²) in [6, 6.07) is 29.1. The largest absolute Gasteiger partial charge is 0.392 e. The maximum atomic E-state index is 12.2. The molecule has 0 saturated carbocycles. The van der Waals surface area contributed by atoms with Crippen molar-refractivity contribution >= 4 is 33.5 Å². The maximum absolute atomic E-state index is 12.2. The fourth-order valence-electron chi connectivity index (χ4n) is 6.45. The summed E-state index contributed by atoms with van der Waals surface area (Å²) in [5, 5.41) is 21.2. The topological polar surface area (TPSA) is 125 Å². The molecule has 6 aromatic rings. The molecule has 1 amide bonds. The van der Waals surface area contributed by atoms with Crippen LogP contribution in [0.25, 0.3) is 33.3 Å². The highest BCUT2D eigenvalue weighted by atomic mass is 16.3. The molecule has 0 fully saturated rings. The van der Waals surface area contributed by atoms with Crippen molar-refractivity contribution in [3.05, 3.63) is 113 Å². The lowest BCUT2D eigenvalue weighted by molar-refractivity contribution is -0.118. The first-order valence-corrected chi connectivity index (χ1v) is 16.9. The summed E-state index contributed by atoms with van der Waals surface area (Å²) in [6.45, 7) is 7.84. The van der Waals surface area contributed by atoms with E-state index in [0.29, 0.717) is 6.54 Å². The summed E-state index contributed by atoms with van der Waals surface area (Å²) in [5.74, 6) is 0.544. The molecule has 2 aromatic heterocycles. The molecule has 1 atom stereocenters. The minimum absolute atomic E-state index is 0.0358. The molecule has 2 heterocycles. The normalized spacial score (nSPS) is 12.1. The number of imidazole rings is 1. The number of anilines is 1. The fourth-order valence-corrected chi connectivity index (χ4v) is 6.45. The predicted molar refractivity (Wildman–Crippen MR) is 194 cm³/mol. The molecule has 4 aromatic carbocycles. The van der Waals surface area contributed by atoms with E-state index >= 15 is 0 Å². The van der Waals surface area contributed by atoms with Gasteiger partial charge in [-0.2, -0.15) is 5.10 Å². The Kier molecular flexibility index (Phi) is 10.5. The van der Waals surface area contributed by atoms with Crippen molar-refractivity contribution in [3.63, 3.8) is 0 Å². The average molecular weight is 644 g/mol. The maximum Gasteiger partial charge on any atom is 0.219 e. The van der Waals surface area contributed by atoms with E-state index in [1.54, 1.807) is 0 Å². The fraction of sp³-hybridized carbons (Fsp3) is 0.308. The van der Waals surface area contributed by atoms with Crippen molar-refractivity contribution in [2.45, 2.75) is 65.3 Å². The zero-order valence-corrected chi connectivity index (χ0v) is 27.8. The van der Waals surface area contributed by atoms with Crippen LogP contribution in [0.5, 0.6) is 0 Å². The second-order valence-electron chi connectivity index (χ2n) is 12.5. The van der Waals surface area contributed by atoms with Gasteiger partial charge in [-0.1, -0.05) is 50.2 Å². The van der Waals surface area contributed by atoms with Crippen LogP contribution in [0.1, 0.15) is 61.4 Å². The Balaban J connectivity index is 1.32. The number of H-pyrrole nitrogens is 1. The molecule has 6 rings (SSSR count). The summed E-state index contributed by atoms with van der Waals surface area (Å²) in [4.78, 5) is 19.8. The third-order valence-electron chi connectivity index (χ3n) is 8.94. The smallest absolute Gasteiger partial charge is 0.219 e. The number of benzene rings is 4. The predicted octanol–water partition coefficient (Wildman–Crippen LogP) is 6.65. The quantitative estimate of drug-likeness (QED) is 0.0937. The van der Waals surface area contributed by atoms with Gasteiger partial charge in [-0.25, -0.2) is 4.98 Å². The van der Waals surface area contributed by atoms with Crippen LogP contribution >= 0.6 is 0 Å². The van der Waals surface area contributed by atoms with Crippen LogP contribution in [-0.4, -0.2) is 43.9 Å². The lowest BCUT2D eigenvalue weighted by Gasteiger charge is -2.24. The van der Waals surface area contributed by atoms with Crippen LogP contribution in [0.3, 0.4) is 0 Å². The van der Waals surface area contributed by atoms with Crippen molar-refractivity contribution < 1.29 is 9.90 Å². The van der Waals surface area contributed by atoms with Gasteiger partial charge in [0.2, 0.25) is 5.91 Å². The van der Waals surface area contributed by atoms with E-state index in [-0.39, 0.29) is 25.0 Å². The molecule has 0 saturated heterocycles. The first-order valence-electron chi connectivity index (χ1n) is 16.9. The Morgan fingerprint density at radius 1 is 0.938 bits per heavy atom. The number of aliphatic hydroxyl groups is 1. The summed E-state index contributed by atoms with van der Waals surface area (Å²) in [5.41, 5.74) is 15.1. The number of hydrogen-bond acceptors (Lipinski definition) is 6. The second-order valence-corrected chi connectivity index (χ2v) is 12.5. The summed E-state index contributed by atoms with van der Waals surface area (Å²) in [7, 11) is 0. The number of fused-ring (bicyclic) bond motifs is 2. The molecule has 1 unspecified atom stereocenters. The van der Waals surface area contributed by atoms with Crippen molar-refractivity contribution in [1.29, 1.82) is 0 Å². The number of nitrogens with zero attached hydrogens (tertiary/aromatic N) is 4. The Morgan fingerprint density at radius 2 is 1.67 bits per heavy atom. The highest BCUT2D eigenvalue weighted by Gasteiger charge is 2.19. The number of carbonyl (C=O) groups excluding carboxylic acids is 1. The lowest BCUT2D eigenvalue weighted by atomic mass is 10.0. The van der Waals surface area contributed by atoms with Crippen molar-refractivity contribution in [1.82, 2.24) is 25.1 Å². The number of aromatic nitrogens is 4. The van der Waals surface area contributed by atoms with Crippen molar-refractivity contribution in [3.8, 4) is 11.4 Å². The van der Waals surface area contributed by atoms with Gasteiger partial charge < -0.3 is 25.6 Å². The third kappa shape index (κ3) is 7.59. The minimum Gasteiger partial charge on any atom is -0.392 e. The summed E-state index contributed by atoms with van der Waals surface area (Å²) in [6.07, 6.45) is 5.00. The highest BCUT2D eigenvalue weighted by Crippen LogP contribution is 2.30. The number of carbonyl (C=O) groups is 1. The van der Waals surface area contributed by atoms with Gasteiger partial charge in [0, 0.05) is 55.3 Å². The number of hydrogen-bond donors (Lipinski definition) is 4. The lowest BCUT2D eigenvalue weighted by Crippen LogP contribution is -2.26. The SMILES string of the molecule is CCCN(CCC)c1ccc(-c2nc3cc(C(CC(N)=O)NCc4ccc5[nH]ncc5c4)ccc3n2CCc2ccc(CO)cc2)cc1. The molecule has 248 valence electrons. The zero-order valence-electron chi connectivity index (χ0n) is 27.8. The first kappa shape index (κ1) is 32.9. The van der Waals surface area contributed by atoms with Gasteiger partial charge in [0.05, 0.1) is 29.4 Å². The molecule has 0 aliphatic heterocycles. The number of primary amides is 1. The Morgan fingerprint density at radius 3 is 2.38 bits per heavy atom. The van der Waals surface area contributed by atoms with Crippen LogP contribution in [-0.2, 0) is 30.9 Å². The molecule has 0 spiro atoms. The van der Waals surface area contributed by atoms with Crippen molar-refractivity contribution in [2.24, 2.45) is 5.73 Å². The monoisotopic (exact) mass is 643 g/mol. The second kappa shape index (κ2) is 15.3. The summed E-state index contributed by atoms with van der Waals surface area (Å²) >= 11 is 0. The van der Waals surface area contributed by atoms with Gasteiger partial charge in [0.25, 0.3) is 0 Å². The van der Waals surface area contributed by atoms with E-state index in [0.717, 1.165) is 88.9 Å². The van der Waals surface area contributed by atoms with Crippen LogP contribution < -0.4 is 16.0 Å². The first-order chi connectivity index (χ1) is 23.4. The number of aryl methyl sites for hydroxylation is 2. The number of aliphatic hydroxyl groups excluding tert-OH is 1. The molecule has 0 aliphatic rings. The third-order valence-corrected chi connectivity index (χ3v) is 8.94.